The topological polar surface area (TPSA) is 129 Å². The molecule has 0 aliphatic carbocycles. The smallest absolute Gasteiger partial charge is 0.254 e. The van der Waals surface area contributed by atoms with Gasteiger partial charge in [0.25, 0.3) is 5.78 Å². The first-order valence-electron chi connectivity index (χ1n) is 10.0. The molecule has 1 aromatic carbocycles. The zero-order valence-corrected chi connectivity index (χ0v) is 17.3. The molecule has 0 bridgehead atoms. The Labute approximate surface area is 178 Å². The summed E-state index contributed by atoms with van der Waals surface area (Å²) in [5, 5.41) is 14.1. The Morgan fingerprint density at radius 3 is 2.90 bits per heavy atom. The van der Waals surface area contributed by atoms with Gasteiger partial charge in [-0.05, 0) is 18.6 Å². The molecule has 1 unspecified atom stereocenters. The number of rotatable bonds is 8. The number of para-hydroxylation sites is 1. The van der Waals surface area contributed by atoms with E-state index in [0.717, 1.165) is 28.0 Å². The van der Waals surface area contributed by atoms with Gasteiger partial charge in [-0.25, -0.2) is 4.98 Å². The zero-order valence-electron chi connectivity index (χ0n) is 17.3. The third-order valence-electron chi connectivity index (χ3n) is 4.90. The maximum atomic E-state index is 12.8. The largest absolute Gasteiger partial charge is 0.368 e. The van der Waals surface area contributed by atoms with Gasteiger partial charge < -0.3 is 20.9 Å². The van der Waals surface area contributed by atoms with Crippen molar-refractivity contribution in [1.82, 2.24) is 35.2 Å². The van der Waals surface area contributed by atoms with E-state index in [9.17, 15) is 9.59 Å². The van der Waals surface area contributed by atoms with Gasteiger partial charge in [-0.15, -0.1) is 0 Å². The molecular formula is C21H24N8O2. The van der Waals surface area contributed by atoms with Crippen LogP contribution >= 0.6 is 0 Å². The standard InChI is InChI=1S/C21H24N8O2/c1-13-9-19(29-21(27-13)25-12-26-29)22-7-8-23-20(31)18(28-14(2)30)10-15-11-24-17-6-4-3-5-16(15)17/h3-6,9,11-12,18,22,24H,7-8,10H2,1-2H3,(H,23,31)(H,28,30). The fourth-order valence-corrected chi connectivity index (χ4v) is 3.53. The molecule has 0 saturated heterocycles. The molecule has 10 heteroatoms. The average molecular weight is 420 g/mol. The van der Waals surface area contributed by atoms with Crippen LogP contribution in [0.3, 0.4) is 0 Å². The minimum absolute atomic E-state index is 0.237. The maximum absolute atomic E-state index is 12.8. The number of aryl methyl sites for hydroxylation is 1. The van der Waals surface area contributed by atoms with E-state index in [4.69, 9.17) is 0 Å². The quantitative estimate of drug-likeness (QED) is 0.317. The number of nitrogens with zero attached hydrogens (tertiary/aromatic N) is 4. The Morgan fingerprint density at radius 2 is 2.06 bits per heavy atom. The highest BCUT2D eigenvalue weighted by Gasteiger charge is 2.21. The van der Waals surface area contributed by atoms with E-state index in [1.807, 2.05) is 43.5 Å². The molecule has 4 rings (SSSR count). The molecule has 4 aromatic rings. The number of benzene rings is 1. The maximum Gasteiger partial charge on any atom is 0.254 e. The lowest BCUT2D eigenvalue weighted by atomic mass is 10.0. The van der Waals surface area contributed by atoms with Gasteiger partial charge in [0, 0.05) is 55.3 Å². The predicted molar refractivity (Wildman–Crippen MR) is 117 cm³/mol. The number of hydrogen-bond donors (Lipinski definition) is 4. The van der Waals surface area contributed by atoms with Gasteiger partial charge in [0.2, 0.25) is 11.8 Å². The number of H-pyrrole nitrogens is 1. The molecule has 10 nitrogen and oxygen atoms in total. The second kappa shape index (κ2) is 8.82. The number of hydrogen-bond acceptors (Lipinski definition) is 6. The van der Waals surface area contributed by atoms with Gasteiger partial charge in [-0.3, -0.25) is 9.59 Å². The van der Waals surface area contributed by atoms with E-state index in [2.05, 4.69) is 36.0 Å². The van der Waals surface area contributed by atoms with Crippen LogP contribution in [0.4, 0.5) is 5.82 Å². The SMILES string of the molecule is CC(=O)NC(Cc1c[nH]c2ccccc12)C(=O)NCCNc1cc(C)nc2ncnn12. The van der Waals surface area contributed by atoms with Crippen molar-refractivity contribution in [2.75, 3.05) is 18.4 Å². The summed E-state index contributed by atoms with van der Waals surface area (Å²) in [6.07, 6.45) is 3.72. The Morgan fingerprint density at radius 1 is 1.23 bits per heavy atom. The van der Waals surface area contributed by atoms with E-state index in [1.165, 1.54) is 13.3 Å². The van der Waals surface area contributed by atoms with Crippen molar-refractivity contribution < 1.29 is 9.59 Å². The van der Waals surface area contributed by atoms with Crippen LogP contribution < -0.4 is 16.0 Å². The minimum atomic E-state index is -0.665. The van der Waals surface area contributed by atoms with Crippen molar-refractivity contribution in [3.05, 3.63) is 54.1 Å². The number of anilines is 1. The molecular weight excluding hydrogens is 396 g/mol. The number of carbonyl (C=O) groups excluding carboxylic acids is 2. The van der Waals surface area contributed by atoms with Crippen LogP contribution in [0.15, 0.2) is 42.9 Å². The molecule has 2 amide bonds. The Hall–Kier alpha value is -3.95. The van der Waals surface area contributed by atoms with Gasteiger partial charge in [0.15, 0.2) is 0 Å². The molecule has 3 heterocycles. The van der Waals surface area contributed by atoms with Crippen molar-refractivity contribution in [2.45, 2.75) is 26.3 Å². The Kier molecular flexibility index (Phi) is 5.78. The number of amides is 2. The number of aromatic amines is 1. The summed E-state index contributed by atoms with van der Waals surface area (Å²) in [6, 6.07) is 9.07. The van der Waals surface area contributed by atoms with Crippen LogP contribution in [0, 0.1) is 6.92 Å². The van der Waals surface area contributed by atoms with Crippen LogP contribution in [0.2, 0.25) is 0 Å². The van der Waals surface area contributed by atoms with Crippen LogP contribution in [0.25, 0.3) is 16.7 Å². The van der Waals surface area contributed by atoms with Crippen molar-refractivity contribution in [1.29, 1.82) is 0 Å². The summed E-state index contributed by atoms with van der Waals surface area (Å²) in [5.74, 6) is 0.764. The van der Waals surface area contributed by atoms with E-state index >= 15 is 0 Å². The van der Waals surface area contributed by atoms with Gasteiger partial charge in [-0.1, -0.05) is 18.2 Å². The fourth-order valence-electron chi connectivity index (χ4n) is 3.53. The van der Waals surface area contributed by atoms with Gasteiger partial charge in [0.05, 0.1) is 0 Å². The Balaban J connectivity index is 1.37. The van der Waals surface area contributed by atoms with Crippen LogP contribution in [-0.4, -0.2) is 55.5 Å². The van der Waals surface area contributed by atoms with Crippen molar-refractivity contribution >= 4 is 34.3 Å². The van der Waals surface area contributed by atoms with Crippen LogP contribution in [0.1, 0.15) is 18.2 Å². The highest BCUT2D eigenvalue weighted by Crippen LogP contribution is 2.19. The second-order valence-corrected chi connectivity index (χ2v) is 7.29. The number of fused-ring (bicyclic) bond motifs is 2. The van der Waals surface area contributed by atoms with Crippen LogP contribution in [-0.2, 0) is 16.0 Å². The van der Waals surface area contributed by atoms with Crippen molar-refractivity contribution in [3.63, 3.8) is 0 Å². The fraction of sp³-hybridized carbons (Fsp3) is 0.286. The summed E-state index contributed by atoms with van der Waals surface area (Å²) in [6.45, 7) is 4.14. The second-order valence-electron chi connectivity index (χ2n) is 7.29. The van der Waals surface area contributed by atoms with E-state index in [0.29, 0.717) is 25.3 Å². The van der Waals surface area contributed by atoms with Gasteiger partial charge in [0.1, 0.15) is 18.2 Å². The molecule has 0 radical (unpaired) electrons. The lowest BCUT2D eigenvalue weighted by Gasteiger charge is -2.18. The third kappa shape index (κ3) is 4.63. The molecule has 0 fully saturated rings. The molecule has 0 saturated carbocycles. The first-order valence-corrected chi connectivity index (χ1v) is 10.0. The molecule has 31 heavy (non-hydrogen) atoms. The molecule has 3 aromatic heterocycles. The monoisotopic (exact) mass is 420 g/mol. The number of carbonyl (C=O) groups is 2. The summed E-state index contributed by atoms with van der Waals surface area (Å²) < 4.78 is 1.60. The lowest BCUT2D eigenvalue weighted by Crippen LogP contribution is -2.48. The molecule has 160 valence electrons. The van der Waals surface area contributed by atoms with E-state index < -0.39 is 6.04 Å². The van der Waals surface area contributed by atoms with Crippen LogP contribution in [0.5, 0.6) is 0 Å². The third-order valence-corrected chi connectivity index (χ3v) is 4.90. The number of nitrogens with one attached hydrogen (secondary N) is 4. The molecule has 1 atom stereocenters. The summed E-state index contributed by atoms with van der Waals surface area (Å²) in [7, 11) is 0. The normalized spacial score (nSPS) is 12.1. The molecule has 4 N–H and O–H groups in total. The van der Waals surface area contributed by atoms with E-state index in [1.54, 1.807) is 4.52 Å². The van der Waals surface area contributed by atoms with Crippen molar-refractivity contribution in [2.24, 2.45) is 0 Å². The highest BCUT2D eigenvalue weighted by atomic mass is 16.2. The number of aromatic nitrogens is 5. The Bertz CT molecular complexity index is 1230. The van der Waals surface area contributed by atoms with Crippen molar-refractivity contribution in [3.8, 4) is 0 Å². The minimum Gasteiger partial charge on any atom is -0.368 e. The van der Waals surface area contributed by atoms with Gasteiger partial charge >= 0.3 is 0 Å². The molecule has 0 aliphatic rings. The summed E-state index contributed by atoms with van der Waals surface area (Å²) in [4.78, 5) is 36.0. The van der Waals surface area contributed by atoms with E-state index in [-0.39, 0.29) is 11.8 Å². The predicted octanol–water partition coefficient (Wildman–Crippen LogP) is 1.19. The lowest BCUT2D eigenvalue weighted by molar-refractivity contribution is -0.128. The summed E-state index contributed by atoms with van der Waals surface area (Å²) >= 11 is 0. The van der Waals surface area contributed by atoms with Gasteiger partial charge in [-0.2, -0.15) is 14.6 Å². The molecule has 0 aliphatic heterocycles. The molecule has 0 spiro atoms. The highest BCUT2D eigenvalue weighted by molar-refractivity contribution is 5.89. The average Bonchev–Trinajstić information content (AvgIpc) is 3.37. The summed E-state index contributed by atoms with van der Waals surface area (Å²) in [5.41, 5.74) is 2.79. The zero-order chi connectivity index (χ0) is 21.8. The first kappa shape index (κ1) is 20.3. The first-order chi connectivity index (χ1) is 15.0.